The molecule has 0 aliphatic carbocycles. The van der Waals surface area contributed by atoms with Gasteiger partial charge in [-0.1, -0.05) is 38.8 Å². The van der Waals surface area contributed by atoms with Crippen LogP contribution in [0.3, 0.4) is 0 Å². The van der Waals surface area contributed by atoms with Crippen molar-refractivity contribution in [1.82, 2.24) is 0 Å². The van der Waals surface area contributed by atoms with Gasteiger partial charge >= 0.3 is 5.97 Å². The molecule has 0 unspecified atom stereocenters. The standard InChI is InChI=1S/C22H26N2O2S/c1-3-5-13-24(14-6-4-2)19-9-7-17(8-10-19)21-12-11-20(27-21)15-18(16-23)22(25)26/h7-12,15H,3-6,13-14H2,1-2H3,(H,25,26)/b18-15+. The van der Waals surface area contributed by atoms with Gasteiger partial charge in [-0.2, -0.15) is 5.26 Å². The van der Waals surface area contributed by atoms with Crippen molar-refractivity contribution < 1.29 is 9.90 Å². The average molecular weight is 383 g/mol. The Morgan fingerprint density at radius 1 is 1.11 bits per heavy atom. The second-order valence-corrected chi connectivity index (χ2v) is 7.53. The van der Waals surface area contributed by atoms with E-state index in [-0.39, 0.29) is 5.57 Å². The molecule has 27 heavy (non-hydrogen) atoms. The zero-order chi connectivity index (χ0) is 19.6. The highest BCUT2D eigenvalue weighted by atomic mass is 32.1. The van der Waals surface area contributed by atoms with E-state index in [0.717, 1.165) is 28.4 Å². The fourth-order valence-corrected chi connectivity index (χ4v) is 3.73. The van der Waals surface area contributed by atoms with Crippen molar-refractivity contribution >= 4 is 29.1 Å². The number of hydrogen-bond acceptors (Lipinski definition) is 4. The van der Waals surface area contributed by atoms with Gasteiger partial charge in [0.2, 0.25) is 0 Å². The van der Waals surface area contributed by atoms with Crippen LogP contribution in [0, 0.1) is 11.3 Å². The number of thiophene rings is 1. The van der Waals surface area contributed by atoms with Crippen molar-refractivity contribution in [2.45, 2.75) is 39.5 Å². The Morgan fingerprint density at radius 2 is 1.74 bits per heavy atom. The maximum Gasteiger partial charge on any atom is 0.346 e. The van der Waals surface area contributed by atoms with Crippen molar-refractivity contribution in [2.24, 2.45) is 0 Å². The molecule has 4 nitrogen and oxygen atoms in total. The molecule has 1 aromatic carbocycles. The van der Waals surface area contributed by atoms with E-state index in [1.54, 1.807) is 6.07 Å². The number of nitrogens with zero attached hydrogens (tertiary/aromatic N) is 2. The number of benzene rings is 1. The van der Waals surface area contributed by atoms with Crippen LogP contribution in [0.1, 0.15) is 44.4 Å². The van der Waals surface area contributed by atoms with E-state index in [1.807, 2.05) is 12.1 Å². The molecule has 1 N–H and O–H groups in total. The lowest BCUT2D eigenvalue weighted by Gasteiger charge is -2.24. The van der Waals surface area contributed by atoms with Crippen molar-refractivity contribution in [1.29, 1.82) is 5.26 Å². The summed E-state index contributed by atoms with van der Waals surface area (Å²) in [5.74, 6) is -1.20. The quantitative estimate of drug-likeness (QED) is 0.416. The molecule has 1 heterocycles. The minimum Gasteiger partial charge on any atom is -0.477 e. The summed E-state index contributed by atoms with van der Waals surface area (Å²) in [7, 11) is 0. The Kier molecular flexibility index (Phi) is 8.09. The number of nitriles is 1. The van der Waals surface area contributed by atoms with Crippen LogP contribution in [0.25, 0.3) is 16.5 Å². The summed E-state index contributed by atoms with van der Waals surface area (Å²) in [5, 5.41) is 17.9. The molecular weight excluding hydrogens is 356 g/mol. The number of hydrogen-bond donors (Lipinski definition) is 1. The van der Waals surface area contributed by atoms with E-state index >= 15 is 0 Å². The highest BCUT2D eigenvalue weighted by molar-refractivity contribution is 7.16. The largest absolute Gasteiger partial charge is 0.477 e. The highest BCUT2D eigenvalue weighted by Crippen LogP contribution is 2.31. The minimum atomic E-state index is -1.20. The van der Waals surface area contributed by atoms with Gasteiger partial charge in [0.05, 0.1) is 0 Å². The molecule has 2 rings (SSSR count). The van der Waals surface area contributed by atoms with Gasteiger partial charge in [0.15, 0.2) is 0 Å². The third-order valence-electron chi connectivity index (χ3n) is 4.34. The third kappa shape index (κ3) is 5.97. The van der Waals surface area contributed by atoms with Gasteiger partial charge in [0.1, 0.15) is 11.6 Å². The molecule has 0 fully saturated rings. The Balaban J connectivity index is 2.17. The first-order chi connectivity index (χ1) is 13.1. The van der Waals surface area contributed by atoms with Gasteiger partial charge in [-0.25, -0.2) is 4.79 Å². The van der Waals surface area contributed by atoms with Crippen LogP contribution in [0.4, 0.5) is 5.69 Å². The van der Waals surface area contributed by atoms with E-state index in [4.69, 9.17) is 10.4 Å². The number of rotatable bonds is 10. The maximum absolute atomic E-state index is 11.0. The number of anilines is 1. The first kappa shape index (κ1) is 20.7. The van der Waals surface area contributed by atoms with Crippen molar-refractivity contribution in [2.75, 3.05) is 18.0 Å². The van der Waals surface area contributed by atoms with E-state index in [9.17, 15) is 4.79 Å². The van der Waals surface area contributed by atoms with Crippen LogP contribution in [0.2, 0.25) is 0 Å². The molecule has 0 radical (unpaired) electrons. The maximum atomic E-state index is 11.0. The highest BCUT2D eigenvalue weighted by Gasteiger charge is 2.09. The summed E-state index contributed by atoms with van der Waals surface area (Å²) in [6, 6.07) is 14.1. The van der Waals surface area contributed by atoms with E-state index < -0.39 is 5.97 Å². The SMILES string of the molecule is CCCCN(CCCC)c1ccc(-c2ccc(/C=C(\C#N)C(=O)O)s2)cc1. The summed E-state index contributed by atoms with van der Waals surface area (Å²) in [4.78, 5) is 15.2. The molecule has 0 bridgehead atoms. The Labute approximate surface area is 165 Å². The topological polar surface area (TPSA) is 64.3 Å². The van der Waals surface area contributed by atoms with Gasteiger partial charge in [0, 0.05) is 28.5 Å². The Hall–Kier alpha value is -2.58. The summed E-state index contributed by atoms with van der Waals surface area (Å²) < 4.78 is 0. The molecule has 142 valence electrons. The normalized spacial score (nSPS) is 11.2. The lowest BCUT2D eigenvalue weighted by atomic mass is 10.1. The smallest absolute Gasteiger partial charge is 0.346 e. The van der Waals surface area contributed by atoms with Crippen molar-refractivity contribution in [3.63, 3.8) is 0 Å². The number of carbonyl (C=O) groups is 1. The van der Waals surface area contributed by atoms with E-state index in [0.29, 0.717) is 0 Å². The first-order valence-electron chi connectivity index (χ1n) is 9.39. The molecule has 0 atom stereocenters. The predicted molar refractivity (Wildman–Crippen MR) is 113 cm³/mol. The molecule has 0 saturated heterocycles. The van der Waals surface area contributed by atoms with Gasteiger partial charge in [-0.15, -0.1) is 11.3 Å². The summed E-state index contributed by atoms with van der Waals surface area (Å²) in [6.07, 6.45) is 6.18. The fraction of sp³-hybridized carbons (Fsp3) is 0.364. The number of unbranched alkanes of at least 4 members (excludes halogenated alkanes) is 2. The molecule has 0 aliphatic rings. The van der Waals surface area contributed by atoms with Gasteiger partial charge in [-0.05, 0) is 48.7 Å². The molecule has 0 saturated carbocycles. The second kappa shape index (κ2) is 10.5. The number of carboxylic acids is 1. The second-order valence-electron chi connectivity index (χ2n) is 6.42. The van der Waals surface area contributed by atoms with Crippen LogP contribution in [0.5, 0.6) is 0 Å². The zero-order valence-electron chi connectivity index (χ0n) is 15.9. The molecule has 0 amide bonds. The molecule has 2 aromatic rings. The average Bonchev–Trinajstić information content (AvgIpc) is 3.15. The molecule has 1 aromatic heterocycles. The summed E-state index contributed by atoms with van der Waals surface area (Å²) >= 11 is 1.48. The molecule has 0 aliphatic heterocycles. The molecule has 0 spiro atoms. The van der Waals surface area contributed by atoms with Crippen LogP contribution in [-0.2, 0) is 4.79 Å². The minimum absolute atomic E-state index is 0.249. The zero-order valence-corrected chi connectivity index (χ0v) is 16.8. The van der Waals surface area contributed by atoms with Gasteiger partial charge in [-0.3, -0.25) is 0 Å². The first-order valence-corrected chi connectivity index (χ1v) is 10.2. The lowest BCUT2D eigenvalue weighted by molar-refractivity contribution is -0.132. The van der Waals surface area contributed by atoms with Crippen LogP contribution < -0.4 is 4.90 Å². The Bertz CT molecular complexity index is 808. The third-order valence-corrected chi connectivity index (χ3v) is 5.43. The lowest BCUT2D eigenvalue weighted by Crippen LogP contribution is -2.25. The summed E-state index contributed by atoms with van der Waals surface area (Å²) in [6.45, 7) is 6.59. The summed E-state index contributed by atoms with van der Waals surface area (Å²) in [5.41, 5.74) is 2.10. The van der Waals surface area contributed by atoms with Crippen molar-refractivity contribution in [3.05, 3.63) is 46.8 Å². The van der Waals surface area contributed by atoms with Gasteiger partial charge in [0.25, 0.3) is 0 Å². The Morgan fingerprint density at radius 3 is 2.26 bits per heavy atom. The van der Waals surface area contributed by atoms with Crippen molar-refractivity contribution in [3.8, 4) is 16.5 Å². The van der Waals surface area contributed by atoms with Crippen LogP contribution >= 0.6 is 11.3 Å². The molecule has 5 heteroatoms. The van der Waals surface area contributed by atoms with E-state index in [1.165, 1.54) is 48.8 Å². The van der Waals surface area contributed by atoms with Crippen LogP contribution in [0.15, 0.2) is 42.0 Å². The van der Waals surface area contributed by atoms with Gasteiger partial charge < -0.3 is 10.0 Å². The molecular formula is C22H26N2O2S. The number of aliphatic carboxylic acids is 1. The predicted octanol–water partition coefficient (Wildman–Crippen LogP) is 5.81. The number of carboxylic acid groups (broad SMARTS) is 1. The fourth-order valence-electron chi connectivity index (χ4n) is 2.77. The van der Waals surface area contributed by atoms with Crippen LogP contribution in [-0.4, -0.2) is 24.2 Å². The monoisotopic (exact) mass is 382 g/mol. The van der Waals surface area contributed by atoms with E-state index in [2.05, 4.69) is 43.0 Å².